The van der Waals surface area contributed by atoms with E-state index < -0.39 is 23.3 Å². The summed E-state index contributed by atoms with van der Waals surface area (Å²) in [4.78, 5) is 42.2. The molecular formula is C27H25FN2O5. The van der Waals surface area contributed by atoms with Gasteiger partial charge in [-0.1, -0.05) is 25.1 Å². The number of benzene rings is 3. The molecule has 4 rings (SSSR count). The van der Waals surface area contributed by atoms with Crippen LogP contribution in [0, 0.1) is 5.82 Å². The number of phenols is 2. The summed E-state index contributed by atoms with van der Waals surface area (Å²) >= 11 is 0. The summed E-state index contributed by atoms with van der Waals surface area (Å²) < 4.78 is 13.4. The molecule has 0 spiro atoms. The number of carbonyl (C=O) groups excluding carboxylic acids is 3. The van der Waals surface area contributed by atoms with E-state index in [1.807, 2.05) is 30.3 Å². The van der Waals surface area contributed by atoms with Crippen molar-refractivity contribution < 1.29 is 29.0 Å². The van der Waals surface area contributed by atoms with Gasteiger partial charge in [-0.15, -0.1) is 0 Å². The average molecular weight is 477 g/mol. The summed E-state index contributed by atoms with van der Waals surface area (Å²) in [5, 5.41) is 21.0. The fraction of sp³-hybridized carbons (Fsp3) is 0.222. The predicted octanol–water partition coefficient (Wildman–Crippen LogP) is 3.45. The van der Waals surface area contributed by atoms with Gasteiger partial charge in [0.25, 0.3) is 0 Å². The molecule has 35 heavy (non-hydrogen) atoms. The van der Waals surface area contributed by atoms with Crippen molar-refractivity contribution in [3.8, 4) is 11.5 Å². The molecule has 3 aromatic rings. The normalized spacial score (nSPS) is 13.7. The Kier molecular flexibility index (Phi) is 6.82. The van der Waals surface area contributed by atoms with E-state index in [9.17, 15) is 29.0 Å². The molecule has 0 unspecified atom stereocenters. The fourth-order valence-electron chi connectivity index (χ4n) is 4.37. The van der Waals surface area contributed by atoms with Crippen LogP contribution in [0.1, 0.15) is 34.0 Å². The highest BCUT2D eigenvalue weighted by molar-refractivity contribution is 6.12. The summed E-state index contributed by atoms with van der Waals surface area (Å²) in [6.45, 7) is 2.25. The smallest absolute Gasteiger partial charge is 0.246 e. The lowest BCUT2D eigenvalue weighted by molar-refractivity contribution is -0.136. The van der Waals surface area contributed by atoms with Gasteiger partial charge >= 0.3 is 0 Å². The van der Waals surface area contributed by atoms with Crippen LogP contribution < -0.4 is 4.90 Å². The van der Waals surface area contributed by atoms with Gasteiger partial charge < -0.3 is 20.0 Å². The highest BCUT2D eigenvalue weighted by Crippen LogP contribution is 2.35. The SMILES string of the molecule is CCc1c(O)cc(O)c(C(=O)c2ccc(F)cc2)c1CC(=O)N1CCN(c2ccccc2)C(=O)C1. The number of amides is 2. The quantitative estimate of drug-likeness (QED) is 0.531. The van der Waals surface area contributed by atoms with Gasteiger partial charge in [0.1, 0.15) is 23.9 Å². The molecule has 0 saturated carbocycles. The first-order valence-electron chi connectivity index (χ1n) is 11.3. The van der Waals surface area contributed by atoms with Crippen LogP contribution in [0.2, 0.25) is 0 Å². The molecule has 0 atom stereocenters. The van der Waals surface area contributed by atoms with Crippen LogP contribution in [-0.2, 0) is 22.4 Å². The second-order valence-corrected chi connectivity index (χ2v) is 8.31. The first-order chi connectivity index (χ1) is 16.8. The fourth-order valence-corrected chi connectivity index (χ4v) is 4.37. The zero-order valence-corrected chi connectivity index (χ0v) is 19.2. The van der Waals surface area contributed by atoms with Crippen molar-refractivity contribution in [3.63, 3.8) is 0 Å². The molecule has 180 valence electrons. The van der Waals surface area contributed by atoms with E-state index in [0.29, 0.717) is 25.1 Å². The van der Waals surface area contributed by atoms with Gasteiger partial charge in [-0.2, -0.15) is 0 Å². The van der Waals surface area contributed by atoms with E-state index in [1.54, 1.807) is 11.8 Å². The third-order valence-corrected chi connectivity index (χ3v) is 6.16. The second-order valence-electron chi connectivity index (χ2n) is 8.31. The topological polar surface area (TPSA) is 98.1 Å². The van der Waals surface area contributed by atoms with Crippen molar-refractivity contribution in [2.75, 3.05) is 24.5 Å². The van der Waals surface area contributed by atoms with Crippen LogP contribution >= 0.6 is 0 Å². The first-order valence-corrected chi connectivity index (χ1v) is 11.3. The minimum Gasteiger partial charge on any atom is -0.508 e. The Morgan fingerprint density at radius 1 is 0.943 bits per heavy atom. The summed E-state index contributed by atoms with van der Waals surface area (Å²) in [5.74, 6) is -2.44. The van der Waals surface area contributed by atoms with Crippen molar-refractivity contribution in [1.82, 2.24) is 4.90 Å². The number of hydrogen-bond acceptors (Lipinski definition) is 5. The maximum Gasteiger partial charge on any atom is 0.246 e. The van der Waals surface area contributed by atoms with E-state index in [2.05, 4.69) is 0 Å². The summed E-state index contributed by atoms with van der Waals surface area (Å²) in [6.07, 6.45) is 0.0190. The molecule has 0 aliphatic carbocycles. The molecular weight excluding hydrogens is 451 g/mol. The Balaban J connectivity index is 1.62. The lowest BCUT2D eigenvalue weighted by Crippen LogP contribution is -2.52. The summed E-state index contributed by atoms with van der Waals surface area (Å²) in [6, 6.07) is 15.1. The molecule has 0 radical (unpaired) electrons. The van der Waals surface area contributed by atoms with Crippen LogP contribution in [0.3, 0.4) is 0 Å². The molecule has 1 saturated heterocycles. The number of aromatic hydroxyl groups is 2. The van der Waals surface area contributed by atoms with Gasteiger partial charge in [-0.05, 0) is 53.9 Å². The summed E-state index contributed by atoms with van der Waals surface area (Å²) in [5.41, 5.74) is 1.32. The molecule has 1 heterocycles. The van der Waals surface area contributed by atoms with Crippen molar-refractivity contribution in [2.45, 2.75) is 19.8 Å². The molecule has 7 nitrogen and oxygen atoms in total. The maximum absolute atomic E-state index is 13.4. The number of ketones is 1. The largest absolute Gasteiger partial charge is 0.508 e. The van der Waals surface area contributed by atoms with Gasteiger partial charge in [0.2, 0.25) is 11.8 Å². The Morgan fingerprint density at radius 2 is 1.63 bits per heavy atom. The summed E-state index contributed by atoms with van der Waals surface area (Å²) in [7, 11) is 0. The average Bonchev–Trinajstić information content (AvgIpc) is 2.84. The predicted molar refractivity (Wildman–Crippen MR) is 128 cm³/mol. The third-order valence-electron chi connectivity index (χ3n) is 6.16. The highest BCUT2D eigenvalue weighted by atomic mass is 19.1. The number of halogens is 1. The van der Waals surface area contributed by atoms with Crippen molar-refractivity contribution in [1.29, 1.82) is 0 Å². The van der Waals surface area contributed by atoms with Crippen molar-refractivity contribution in [2.24, 2.45) is 0 Å². The Morgan fingerprint density at radius 3 is 2.26 bits per heavy atom. The molecule has 0 aromatic heterocycles. The number of carbonyl (C=O) groups is 3. The molecule has 2 amide bonds. The highest BCUT2D eigenvalue weighted by Gasteiger charge is 2.31. The van der Waals surface area contributed by atoms with E-state index in [1.165, 1.54) is 17.0 Å². The van der Waals surface area contributed by atoms with Crippen LogP contribution in [0.25, 0.3) is 0 Å². The van der Waals surface area contributed by atoms with E-state index >= 15 is 0 Å². The molecule has 8 heteroatoms. The lowest BCUT2D eigenvalue weighted by Gasteiger charge is -2.34. The number of hydrogen-bond donors (Lipinski definition) is 2. The molecule has 1 fully saturated rings. The van der Waals surface area contributed by atoms with Gasteiger partial charge in [-0.25, -0.2) is 4.39 Å². The number of piperazine rings is 1. The number of rotatable bonds is 6. The molecule has 2 N–H and O–H groups in total. The van der Waals surface area contributed by atoms with Crippen molar-refractivity contribution in [3.05, 3.63) is 88.7 Å². The van der Waals surface area contributed by atoms with Gasteiger partial charge in [0.05, 0.1) is 12.0 Å². The van der Waals surface area contributed by atoms with Gasteiger partial charge in [0.15, 0.2) is 5.78 Å². The van der Waals surface area contributed by atoms with E-state index in [-0.39, 0.29) is 41.3 Å². The number of anilines is 1. The van der Waals surface area contributed by atoms with Crippen LogP contribution in [0.5, 0.6) is 11.5 Å². The monoisotopic (exact) mass is 476 g/mol. The molecule has 3 aromatic carbocycles. The van der Waals surface area contributed by atoms with Crippen LogP contribution in [0.4, 0.5) is 10.1 Å². The zero-order valence-electron chi connectivity index (χ0n) is 19.2. The van der Waals surface area contributed by atoms with Gasteiger partial charge in [-0.3, -0.25) is 14.4 Å². The second kappa shape index (κ2) is 9.97. The minimum atomic E-state index is -0.593. The molecule has 0 bridgehead atoms. The van der Waals surface area contributed by atoms with Crippen LogP contribution in [0.15, 0.2) is 60.7 Å². The van der Waals surface area contributed by atoms with Crippen molar-refractivity contribution >= 4 is 23.3 Å². The maximum atomic E-state index is 13.4. The molecule has 1 aliphatic heterocycles. The number of para-hydroxylation sites is 1. The third kappa shape index (κ3) is 4.87. The van der Waals surface area contributed by atoms with E-state index in [0.717, 1.165) is 23.9 Å². The number of phenolic OH excluding ortho intramolecular Hbond substituents is 2. The van der Waals surface area contributed by atoms with E-state index in [4.69, 9.17) is 0 Å². The lowest BCUT2D eigenvalue weighted by atomic mass is 9.89. The zero-order chi connectivity index (χ0) is 25.1. The minimum absolute atomic E-state index is 0.117. The first kappa shape index (κ1) is 23.9. The Labute approximate surface area is 202 Å². The Hall–Kier alpha value is -4.20. The number of nitrogens with zero attached hydrogens (tertiary/aromatic N) is 2. The standard InChI is InChI=1S/C27H25FN2O5/c1-2-20-21(26(23(32)15-22(20)31)27(35)17-8-10-18(28)11-9-17)14-24(33)29-12-13-30(25(34)16-29)19-6-4-3-5-7-19/h3-11,15,31-32H,2,12-14,16H2,1H3. The van der Waals surface area contributed by atoms with Crippen LogP contribution in [-0.4, -0.2) is 52.3 Å². The Bertz CT molecular complexity index is 1270. The van der Waals surface area contributed by atoms with Gasteiger partial charge in [0, 0.05) is 30.4 Å². The molecule has 1 aliphatic rings.